The van der Waals surface area contributed by atoms with Crippen molar-refractivity contribution in [1.29, 1.82) is 0 Å². The van der Waals surface area contributed by atoms with Crippen LogP contribution < -0.4 is 5.32 Å². The van der Waals surface area contributed by atoms with Gasteiger partial charge in [-0.05, 0) is 48.2 Å². The van der Waals surface area contributed by atoms with Gasteiger partial charge < -0.3 is 10.1 Å². The molecule has 0 saturated carbocycles. The molecule has 32 heavy (non-hydrogen) atoms. The van der Waals surface area contributed by atoms with E-state index in [-0.39, 0.29) is 11.9 Å². The first-order chi connectivity index (χ1) is 15.5. The number of benzene rings is 2. The quantitative estimate of drug-likeness (QED) is 0.399. The number of hydrogen-bond donors (Lipinski definition) is 1. The van der Waals surface area contributed by atoms with Gasteiger partial charge in [0.25, 0.3) is 11.7 Å². The third-order valence-corrected chi connectivity index (χ3v) is 5.73. The summed E-state index contributed by atoms with van der Waals surface area (Å²) in [5.74, 6) is -0.789. The van der Waals surface area contributed by atoms with Crippen molar-refractivity contribution in [3.8, 4) is 16.4 Å². The van der Waals surface area contributed by atoms with E-state index in [1.54, 1.807) is 16.8 Å². The molecule has 0 aliphatic rings. The lowest BCUT2D eigenvalue weighted by atomic mass is 10.1. The maximum Gasteiger partial charge on any atom is 0.378 e. The van der Waals surface area contributed by atoms with Gasteiger partial charge in [0.15, 0.2) is 12.4 Å². The van der Waals surface area contributed by atoms with E-state index < -0.39 is 18.5 Å². The number of esters is 1. The number of thiophene rings is 1. The van der Waals surface area contributed by atoms with Crippen LogP contribution in [0.1, 0.15) is 29.1 Å². The van der Waals surface area contributed by atoms with Crippen LogP contribution in [-0.2, 0) is 9.53 Å². The Kier molecular flexibility index (Phi) is 6.63. The predicted octanol–water partition coefficient (Wildman–Crippen LogP) is 4.68. The second kappa shape index (κ2) is 9.76. The Hall–Kier alpha value is -3.49. The number of amides is 1. The first-order valence-electron chi connectivity index (χ1n) is 9.79. The van der Waals surface area contributed by atoms with Crippen molar-refractivity contribution < 1.29 is 14.3 Å². The van der Waals surface area contributed by atoms with E-state index >= 15 is 0 Å². The van der Waals surface area contributed by atoms with Gasteiger partial charge in [0.2, 0.25) is 0 Å². The molecule has 4 rings (SSSR count). The van der Waals surface area contributed by atoms with Crippen molar-refractivity contribution in [1.82, 2.24) is 20.1 Å². The normalized spacial score (nSPS) is 11.7. The summed E-state index contributed by atoms with van der Waals surface area (Å²) in [6, 6.07) is 20.1. The van der Waals surface area contributed by atoms with Crippen molar-refractivity contribution in [2.45, 2.75) is 13.0 Å². The summed E-state index contributed by atoms with van der Waals surface area (Å²) >= 11 is 7.38. The molecule has 2 aromatic heterocycles. The molecule has 4 aromatic rings. The molecule has 2 heterocycles. The second-order valence-corrected chi connectivity index (χ2v) is 8.28. The maximum absolute atomic E-state index is 12.6. The van der Waals surface area contributed by atoms with Crippen LogP contribution >= 0.6 is 22.9 Å². The summed E-state index contributed by atoms with van der Waals surface area (Å²) in [5.41, 5.74) is 1.65. The Morgan fingerprint density at radius 2 is 1.84 bits per heavy atom. The van der Waals surface area contributed by atoms with E-state index in [0.717, 1.165) is 16.1 Å². The molecule has 0 aliphatic carbocycles. The topological polar surface area (TPSA) is 86.1 Å². The molecule has 0 saturated heterocycles. The van der Waals surface area contributed by atoms with E-state index in [9.17, 15) is 9.59 Å². The minimum Gasteiger partial charge on any atom is -0.450 e. The van der Waals surface area contributed by atoms with E-state index in [0.29, 0.717) is 10.8 Å². The molecule has 0 fully saturated rings. The average Bonchev–Trinajstić information content (AvgIpc) is 3.48. The highest BCUT2D eigenvalue weighted by Gasteiger charge is 2.21. The fraction of sp³-hybridized carbons (Fsp3) is 0.130. The number of halogens is 1. The van der Waals surface area contributed by atoms with Crippen molar-refractivity contribution in [3.05, 3.63) is 88.5 Å². The highest BCUT2D eigenvalue weighted by Crippen LogP contribution is 2.25. The highest BCUT2D eigenvalue weighted by atomic mass is 35.5. The number of para-hydroxylation sites is 1. The lowest BCUT2D eigenvalue weighted by Gasteiger charge is -2.14. The largest absolute Gasteiger partial charge is 0.450 e. The first-order valence-corrected chi connectivity index (χ1v) is 11.1. The highest BCUT2D eigenvalue weighted by molar-refractivity contribution is 7.13. The molecular weight excluding hydrogens is 448 g/mol. The number of aromatic nitrogens is 3. The van der Waals surface area contributed by atoms with Crippen LogP contribution in [0.25, 0.3) is 16.4 Å². The maximum atomic E-state index is 12.6. The second-order valence-electron chi connectivity index (χ2n) is 6.90. The van der Waals surface area contributed by atoms with Crippen LogP contribution in [0.4, 0.5) is 0 Å². The lowest BCUT2D eigenvalue weighted by Crippen LogP contribution is -2.31. The van der Waals surface area contributed by atoms with Gasteiger partial charge in [0.1, 0.15) is 0 Å². The Morgan fingerprint density at radius 3 is 2.53 bits per heavy atom. The van der Waals surface area contributed by atoms with Crippen molar-refractivity contribution in [2.75, 3.05) is 6.61 Å². The van der Waals surface area contributed by atoms with Gasteiger partial charge in [-0.15, -0.1) is 16.4 Å². The van der Waals surface area contributed by atoms with Crippen LogP contribution in [0.15, 0.2) is 72.1 Å². The van der Waals surface area contributed by atoms with Crippen LogP contribution in [0.3, 0.4) is 0 Å². The lowest BCUT2D eigenvalue weighted by molar-refractivity contribution is -0.124. The van der Waals surface area contributed by atoms with Gasteiger partial charge in [-0.25, -0.2) is 9.48 Å². The summed E-state index contributed by atoms with van der Waals surface area (Å²) in [5, 5.41) is 9.64. The molecule has 2 aromatic carbocycles. The molecule has 0 spiro atoms. The average molecular weight is 467 g/mol. The van der Waals surface area contributed by atoms with Gasteiger partial charge in [-0.2, -0.15) is 4.98 Å². The Bertz CT molecular complexity index is 1210. The molecular formula is C23H19ClN4O3S. The van der Waals surface area contributed by atoms with Crippen molar-refractivity contribution in [2.24, 2.45) is 0 Å². The minimum absolute atomic E-state index is 0.115. The van der Waals surface area contributed by atoms with E-state index in [1.807, 2.05) is 66.9 Å². The van der Waals surface area contributed by atoms with Gasteiger partial charge in [-0.1, -0.05) is 48.0 Å². The molecule has 1 N–H and O–H groups in total. The van der Waals surface area contributed by atoms with Crippen molar-refractivity contribution in [3.63, 3.8) is 0 Å². The Balaban J connectivity index is 1.44. The summed E-state index contributed by atoms with van der Waals surface area (Å²) in [4.78, 5) is 30.0. The number of nitrogens with zero attached hydrogens (tertiary/aromatic N) is 3. The zero-order valence-corrected chi connectivity index (χ0v) is 18.6. The Morgan fingerprint density at radius 1 is 1.09 bits per heavy atom. The smallest absolute Gasteiger partial charge is 0.378 e. The number of rotatable bonds is 7. The number of carbonyl (C=O) groups is 2. The molecule has 0 bridgehead atoms. The van der Waals surface area contributed by atoms with E-state index in [4.69, 9.17) is 16.3 Å². The van der Waals surface area contributed by atoms with Crippen LogP contribution in [0, 0.1) is 0 Å². The third-order valence-electron chi connectivity index (χ3n) is 4.61. The monoisotopic (exact) mass is 466 g/mol. The van der Waals surface area contributed by atoms with Gasteiger partial charge >= 0.3 is 5.97 Å². The summed E-state index contributed by atoms with van der Waals surface area (Å²) in [7, 11) is 0. The number of hydrogen-bond acceptors (Lipinski definition) is 6. The van der Waals surface area contributed by atoms with Crippen LogP contribution in [-0.4, -0.2) is 33.2 Å². The van der Waals surface area contributed by atoms with E-state index in [2.05, 4.69) is 15.4 Å². The zero-order chi connectivity index (χ0) is 22.5. The fourth-order valence-corrected chi connectivity index (χ4v) is 3.85. The zero-order valence-electron chi connectivity index (χ0n) is 17.1. The number of ether oxygens (including phenoxy) is 1. The molecule has 7 nitrogen and oxygen atoms in total. The summed E-state index contributed by atoms with van der Waals surface area (Å²) < 4.78 is 6.75. The van der Waals surface area contributed by atoms with Gasteiger partial charge in [0.05, 0.1) is 16.6 Å². The van der Waals surface area contributed by atoms with Gasteiger partial charge in [0, 0.05) is 5.02 Å². The summed E-state index contributed by atoms with van der Waals surface area (Å²) in [6.07, 6.45) is 0. The van der Waals surface area contributed by atoms with Crippen molar-refractivity contribution >= 4 is 34.8 Å². The SMILES string of the molecule is CC(NC(=O)COC(=O)c1nc(-c2cccs2)n(-c2ccccc2)n1)c1ccc(Cl)cc1. The molecule has 0 radical (unpaired) electrons. The molecule has 0 aliphatic heterocycles. The Labute approximate surface area is 193 Å². The third kappa shape index (κ3) is 5.04. The minimum atomic E-state index is -0.771. The number of nitrogens with one attached hydrogen (secondary N) is 1. The summed E-state index contributed by atoms with van der Waals surface area (Å²) in [6.45, 7) is 1.39. The number of carbonyl (C=O) groups excluding carboxylic acids is 2. The molecule has 1 atom stereocenters. The molecule has 162 valence electrons. The van der Waals surface area contributed by atoms with Crippen LogP contribution in [0.5, 0.6) is 0 Å². The van der Waals surface area contributed by atoms with Gasteiger partial charge in [-0.3, -0.25) is 4.79 Å². The van der Waals surface area contributed by atoms with E-state index in [1.165, 1.54) is 11.3 Å². The molecule has 9 heteroatoms. The fourth-order valence-electron chi connectivity index (χ4n) is 3.03. The first kappa shape index (κ1) is 21.7. The molecule has 1 unspecified atom stereocenters. The molecule has 1 amide bonds. The predicted molar refractivity (Wildman–Crippen MR) is 123 cm³/mol. The van der Waals surface area contributed by atoms with Crippen LogP contribution in [0.2, 0.25) is 5.02 Å². The standard InChI is InChI=1S/C23H19ClN4O3S/c1-15(16-9-11-17(24)12-10-16)25-20(29)14-31-23(30)21-26-22(19-8-5-13-32-19)28(27-21)18-6-3-2-4-7-18/h2-13,15H,14H2,1H3,(H,25,29).